The molecule has 0 spiro atoms. The highest BCUT2D eigenvalue weighted by atomic mass is 127. The highest BCUT2D eigenvalue weighted by molar-refractivity contribution is 14.0. The van der Waals surface area contributed by atoms with Gasteiger partial charge in [0.25, 0.3) is 0 Å². The van der Waals surface area contributed by atoms with Crippen molar-refractivity contribution in [3.8, 4) is 0 Å². The molecule has 2 saturated heterocycles. The Morgan fingerprint density at radius 2 is 1.68 bits per heavy atom. The Hall–Kier alpha value is -1.16. The van der Waals surface area contributed by atoms with Crippen molar-refractivity contribution in [1.82, 2.24) is 19.8 Å². The number of hydrogen-bond acceptors (Lipinski definition) is 5. The van der Waals surface area contributed by atoms with Crippen molar-refractivity contribution in [2.24, 2.45) is 10.7 Å². The van der Waals surface area contributed by atoms with Gasteiger partial charge in [0.05, 0.1) is 0 Å². The molecule has 0 aliphatic carbocycles. The number of aliphatic imine (C=N–C) groups is 1. The Balaban J connectivity index is 0.00000225. The van der Waals surface area contributed by atoms with Crippen LogP contribution in [0.4, 0.5) is 5.95 Å². The van der Waals surface area contributed by atoms with Crippen LogP contribution < -0.4 is 10.6 Å². The molecule has 25 heavy (non-hydrogen) atoms. The fourth-order valence-corrected chi connectivity index (χ4v) is 3.34. The molecule has 0 amide bonds. The van der Waals surface area contributed by atoms with Gasteiger partial charge in [-0.1, -0.05) is 0 Å². The second kappa shape index (κ2) is 10.7. The number of piperidine rings is 1. The summed E-state index contributed by atoms with van der Waals surface area (Å²) in [5.74, 6) is 1.58. The van der Waals surface area contributed by atoms with Crippen LogP contribution in [0.25, 0.3) is 0 Å². The van der Waals surface area contributed by atoms with Crippen LogP contribution in [0.15, 0.2) is 23.5 Å². The fourth-order valence-electron chi connectivity index (χ4n) is 3.34. The first-order valence-corrected chi connectivity index (χ1v) is 9.12. The summed E-state index contributed by atoms with van der Waals surface area (Å²) < 4.78 is 0. The van der Waals surface area contributed by atoms with E-state index in [4.69, 9.17) is 5.73 Å². The molecule has 3 rings (SSSR count). The molecule has 0 bridgehead atoms. The van der Waals surface area contributed by atoms with Crippen LogP contribution in [0, 0.1) is 0 Å². The number of anilines is 1. The summed E-state index contributed by atoms with van der Waals surface area (Å²) in [6.07, 6.45) is 8.48. The van der Waals surface area contributed by atoms with E-state index in [-0.39, 0.29) is 24.0 Å². The highest BCUT2D eigenvalue weighted by Crippen LogP contribution is 2.10. The van der Waals surface area contributed by atoms with E-state index in [1.165, 1.54) is 19.3 Å². The quantitative estimate of drug-likeness (QED) is 0.311. The number of halogens is 1. The van der Waals surface area contributed by atoms with Gasteiger partial charge in [0.15, 0.2) is 5.96 Å². The molecule has 140 valence electrons. The lowest BCUT2D eigenvalue weighted by Gasteiger charge is -2.34. The Labute approximate surface area is 167 Å². The standard InChI is InChI=1S/C17H29N7.HI/c18-16(23-10-2-1-3-11-23)19-8-5-9-22-12-14-24(15-13-22)17-20-6-4-7-21-17;/h4,6-7H,1-3,5,8-15H2,(H2,18,19);1H. The van der Waals surface area contributed by atoms with Crippen molar-refractivity contribution in [2.45, 2.75) is 25.7 Å². The smallest absolute Gasteiger partial charge is 0.225 e. The van der Waals surface area contributed by atoms with Crippen molar-refractivity contribution >= 4 is 35.9 Å². The number of guanidine groups is 1. The number of aromatic nitrogens is 2. The van der Waals surface area contributed by atoms with Crippen LogP contribution in [-0.2, 0) is 0 Å². The fraction of sp³-hybridized carbons (Fsp3) is 0.706. The molecule has 0 saturated carbocycles. The van der Waals surface area contributed by atoms with Gasteiger partial charge in [-0.05, 0) is 31.7 Å². The molecule has 8 heteroatoms. The van der Waals surface area contributed by atoms with E-state index in [0.29, 0.717) is 0 Å². The lowest BCUT2D eigenvalue weighted by Crippen LogP contribution is -2.47. The van der Waals surface area contributed by atoms with Gasteiger partial charge in [-0.25, -0.2) is 9.97 Å². The normalized spacial score (nSPS) is 19.6. The Bertz CT molecular complexity index is 511. The van der Waals surface area contributed by atoms with E-state index in [0.717, 1.165) is 70.7 Å². The van der Waals surface area contributed by atoms with Crippen LogP contribution in [0.5, 0.6) is 0 Å². The Morgan fingerprint density at radius 1 is 1.00 bits per heavy atom. The van der Waals surface area contributed by atoms with Crippen LogP contribution >= 0.6 is 24.0 Å². The number of likely N-dealkylation sites (tertiary alicyclic amines) is 1. The SMILES string of the molecule is I.NC(=NCCCN1CCN(c2ncccn2)CC1)N1CCCCC1. The zero-order chi connectivity index (χ0) is 16.6. The van der Waals surface area contributed by atoms with Gasteiger partial charge in [-0.15, -0.1) is 24.0 Å². The number of hydrogen-bond donors (Lipinski definition) is 1. The molecular weight excluding hydrogens is 429 g/mol. The average Bonchev–Trinajstić information content (AvgIpc) is 2.67. The minimum Gasteiger partial charge on any atom is -0.370 e. The van der Waals surface area contributed by atoms with Crippen LogP contribution in [0.2, 0.25) is 0 Å². The van der Waals surface area contributed by atoms with Gasteiger partial charge < -0.3 is 15.5 Å². The zero-order valence-corrected chi connectivity index (χ0v) is 17.2. The second-order valence-electron chi connectivity index (χ2n) is 6.52. The lowest BCUT2D eigenvalue weighted by atomic mass is 10.1. The molecule has 2 fully saturated rings. The molecule has 3 heterocycles. The molecule has 0 unspecified atom stereocenters. The van der Waals surface area contributed by atoms with Crippen molar-refractivity contribution in [1.29, 1.82) is 0 Å². The summed E-state index contributed by atoms with van der Waals surface area (Å²) in [6.45, 7) is 8.14. The van der Waals surface area contributed by atoms with Gasteiger partial charge in [-0.2, -0.15) is 0 Å². The third-order valence-electron chi connectivity index (χ3n) is 4.79. The summed E-state index contributed by atoms with van der Waals surface area (Å²) in [5.41, 5.74) is 6.09. The zero-order valence-electron chi connectivity index (χ0n) is 14.9. The first-order chi connectivity index (χ1) is 11.8. The minimum atomic E-state index is 0. The summed E-state index contributed by atoms with van der Waals surface area (Å²) in [6, 6.07) is 1.86. The van der Waals surface area contributed by atoms with Crippen molar-refractivity contribution in [3.05, 3.63) is 18.5 Å². The Morgan fingerprint density at radius 3 is 2.36 bits per heavy atom. The summed E-state index contributed by atoms with van der Waals surface area (Å²) in [4.78, 5) is 20.2. The minimum absolute atomic E-state index is 0. The first-order valence-electron chi connectivity index (χ1n) is 9.12. The van der Waals surface area contributed by atoms with E-state index >= 15 is 0 Å². The number of piperazine rings is 1. The maximum atomic E-state index is 6.09. The lowest BCUT2D eigenvalue weighted by molar-refractivity contribution is 0.255. The van der Waals surface area contributed by atoms with Gasteiger partial charge in [0.2, 0.25) is 5.95 Å². The maximum Gasteiger partial charge on any atom is 0.225 e. The summed E-state index contributed by atoms with van der Waals surface area (Å²) >= 11 is 0. The monoisotopic (exact) mass is 459 g/mol. The molecule has 1 aromatic rings. The molecule has 2 aliphatic heterocycles. The molecule has 1 aromatic heterocycles. The van der Waals surface area contributed by atoms with Crippen molar-refractivity contribution in [3.63, 3.8) is 0 Å². The number of nitrogens with two attached hydrogens (primary N) is 1. The van der Waals surface area contributed by atoms with Crippen LogP contribution in [0.3, 0.4) is 0 Å². The molecule has 0 aromatic carbocycles. The third kappa shape index (κ3) is 6.25. The van der Waals surface area contributed by atoms with E-state index in [2.05, 4.69) is 29.7 Å². The van der Waals surface area contributed by atoms with Crippen molar-refractivity contribution in [2.75, 3.05) is 57.3 Å². The summed E-state index contributed by atoms with van der Waals surface area (Å²) in [5, 5.41) is 0. The molecule has 0 radical (unpaired) electrons. The number of rotatable bonds is 5. The summed E-state index contributed by atoms with van der Waals surface area (Å²) in [7, 11) is 0. The van der Waals surface area contributed by atoms with E-state index < -0.39 is 0 Å². The largest absolute Gasteiger partial charge is 0.370 e. The number of nitrogens with zero attached hydrogens (tertiary/aromatic N) is 6. The molecule has 0 atom stereocenters. The topological polar surface area (TPSA) is 73.9 Å². The highest BCUT2D eigenvalue weighted by Gasteiger charge is 2.18. The average molecular weight is 459 g/mol. The van der Waals surface area contributed by atoms with Crippen molar-refractivity contribution < 1.29 is 0 Å². The molecule has 2 N–H and O–H groups in total. The molecule has 7 nitrogen and oxygen atoms in total. The molecular formula is C17H30IN7. The predicted molar refractivity (Wildman–Crippen MR) is 113 cm³/mol. The van der Waals surface area contributed by atoms with E-state index in [1.807, 2.05) is 6.07 Å². The second-order valence-corrected chi connectivity index (χ2v) is 6.52. The van der Waals surface area contributed by atoms with Gasteiger partial charge in [0, 0.05) is 64.8 Å². The Kier molecular flexibility index (Phi) is 8.66. The molecule has 2 aliphatic rings. The van der Waals surface area contributed by atoms with Crippen LogP contribution in [0.1, 0.15) is 25.7 Å². The van der Waals surface area contributed by atoms with E-state index in [9.17, 15) is 0 Å². The van der Waals surface area contributed by atoms with Crippen LogP contribution in [-0.4, -0.2) is 78.1 Å². The van der Waals surface area contributed by atoms with Gasteiger partial charge in [-0.3, -0.25) is 9.89 Å². The van der Waals surface area contributed by atoms with Gasteiger partial charge in [0.1, 0.15) is 0 Å². The predicted octanol–water partition coefficient (Wildman–Crippen LogP) is 1.41. The third-order valence-corrected chi connectivity index (χ3v) is 4.79. The van der Waals surface area contributed by atoms with Gasteiger partial charge >= 0.3 is 0 Å². The van der Waals surface area contributed by atoms with E-state index in [1.54, 1.807) is 12.4 Å². The maximum absolute atomic E-state index is 6.09. The first kappa shape index (κ1) is 20.2.